The SMILES string of the molecule is CC(C)Oc1ccc(C(=O)Nc2cc(-c3nc4cc(Cl)ccc4o3)ccc2Cl)cc1. The van der Waals surface area contributed by atoms with Crippen LogP contribution in [0.5, 0.6) is 5.75 Å². The van der Waals surface area contributed by atoms with Gasteiger partial charge in [0.1, 0.15) is 11.3 Å². The van der Waals surface area contributed by atoms with Gasteiger partial charge in [-0.05, 0) is 74.5 Å². The van der Waals surface area contributed by atoms with E-state index in [1.165, 1.54) is 0 Å². The van der Waals surface area contributed by atoms with Crippen molar-refractivity contribution in [3.8, 4) is 17.2 Å². The lowest BCUT2D eigenvalue weighted by Crippen LogP contribution is -2.12. The Morgan fingerprint density at radius 2 is 1.80 bits per heavy atom. The number of halogens is 2. The fraction of sp³-hybridized carbons (Fsp3) is 0.130. The first-order valence-corrected chi connectivity index (χ1v) is 10.1. The van der Waals surface area contributed by atoms with Gasteiger partial charge in [0, 0.05) is 16.1 Å². The molecule has 0 aliphatic rings. The number of amides is 1. The van der Waals surface area contributed by atoms with Crippen molar-refractivity contribution >= 4 is 45.9 Å². The van der Waals surface area contributed by atoms with Crippen LogP contribution in [0.4, 0.5) is 5.69 Å². The molecule has 0 spiro atoms. The number of fused-ring (bicyclic) bond motifs is 1. The second-order valence-corrected chi connectivity index (χ2v) is 7.81. The zero-order valence-electron chi connectivity index (χ0n) is 16.3. The molecule has 30 heavy (non-hydrogen) atoms. The van der Waals surface area contributed by atoms with E-state index < -0.39 is 0 Å². The van der Waals surface area contributed by atoms with Crippen molar-refractivity contribution in [2.24, 2.45) is 0 Å². The lowest BCUT2D eigenvalue weighted by Gasteiger charge is -2.11. The molecule has 5 nitrogen and oxygen atoms in total. The van der Waals surface area contributed by atoms with E-state index in [-0.39, 0.29) is 12.0 Å². The van der Waals surface area contributed by atoms with Crippen LogP contribution in [-0.4, -0.2) is 17.0 Å². The summed E-state index contributed by atoms with van der Waals surface area (Å²) in [4.78, 5) is 17.1. The van der Waals surface area contributed by atoms with Gasteiger partial charge < -0.3 is 14.5 Å². The van der Waals surface area contributed by atoms with Gasteiger partial charge in [0.15, 0.2) is 5.58 Å². The number of hydrogen-bond acceptors (Lipinski definition) is 4. The smallest absolute Gasteiger partial charge is 0.255 e. The molecule has 0 bridgehead atoms. The van der Waals surface area contributed by atoms with Crippen LogP contribution in [0.2, 0.25) is 10.0 Å². The van der Waals surface area contributed by atoms with Gasteiger partial charge in [-0.15, -0.1) is 0 Å². The summed E-state index contributed by atoms with van der Waals surface area (Å²) in [6, 6.07) is 17.4. The van der Waals surface area contributed by atoms with E-state index in [4.69, 9.17) is 32.4 Å². The molecule has 0 aliphatic carbocycles. The normalized spacial score (nSPS) is 11.1. The van der Waals surface area contributed by atoms with E-state index >= 15 is 0 Å². The lowest BCUT2D eigenvalue weighted by molar-refractivity contribution is 0.102. The number of aromatic nitrogens is 1. The molecule has 1 N–H and O–H groups in total. The molecule has 7 heteroatoms. The maximum atomic E-state index is 12.7. The number of nitrogens with zero attached hydrogens (tertiary/aromatic N) is 1. The average Bonchev–Trinajstić information content (AvgIpc) is 3.13. The van der Waals surface area contributed by atoms with E-state index in [1.54, 1.807) is 60.7 Å². The van der Waals surface area contributed by atoms with Gasteiger partial charge in [0.05, 0.1) is 16.8 Å². The molecule has 0 radical (unpaired) electrons. The summed E-state index contributed by atoms with van der Waals surface area (Å²) in [6.45, 7) is 3.89. The van der Waals surface area contributed by atoms with Crippen LogP contribution in [-0.2, 0) is 0 Å². The Morgan fingerprint density at radius 3 is 2.53 bits per heavy atom. The number of rotatable bonds is 5. The quantitative estimate of drug-likeness (QED) is 0.368. The molecule has 0 unspecified atom stereocenters. The van der Waals surface area contributed by atoms with Crippen molar-refractivity contribution < 1.29 is 13.9 Å². The van der Waals surface area contributed by atoms with E-state index in [1.807, 2.05) is 13.8 Å². The highest BCUT2D eigenvalue weighted by molar-refractivity contribution is 6.34. The molecule has 0 saturated heterocycles. The second-order valence-electron chi connectivity index (χ2n) is 6.97. The lowest BCUT2D eigenvalue weighted by atomic mass is 10.1. The Kier molecular flexibility index (Phi) is 5.66. The number of benzene rings is 3. The minimum Gasteiger partial charge on any atom is -0.491 e. The van der Waals surface area contributed by atoms with Gasteiger partial charge in [-0.2, -0.15) is 0 Å². The summed E-state index contributed by atoms with van der Waals surface area (Å²) in [6.07, 6.45) is 0.0640. The first-order chi connectivity index (χ1) is 14.4. The summed E-state index contributed by atoms with van der Waals surface area (Å²) in [7, 11) is 0. The van der Waals surface area contributed by atoms with Crippen molar-refractivity contribution in [2.75, 3.05) is 5.32 Å². The van der Waals surface area contributed by atoms with Gasteiger partial charge >= 0.3 is 0 Å². The van der Waals surface area contributed by atoms with Crippen LogP contribution in [0.15, 0.2) is 65.1 Å². The minimum atomic E-state index is -0.283. The van der Waals surface area contributed by atoms with Crippen LogP contribution in [0.1, 0.15) is 24.2 Å². The Labute approximate surface area is 183 Å². The predicted octanol–water partition coefficient (Wildman–Crippen LogP) is 6.84. The Balaban J connectivity index is 1.57. The third-order valence-electron chi connectivity index (χ3n) is 4.30. The molecule has 0 atom stereocenters. The molecular weight excluding hydrogens is 423 g/mol. The third-order valence-corrected chi connectivity index (χ3v) is 4.86. The van der Waals surface area contributed by atoms with Gasteiger partial charge in [-0.3, -0.25) is 4.79 Å². The number of oxazole rings is 1. The summed E-state index contributed by atoms with van der Waals surface area (Å²) >= 11 is 12.3. The number of anilines is 1. The topological polar surface area (TPSA) is 64.4 Å². The van der Waals surface area contributed by atoms with E-state index in [0.717, 1.165) is 0 Å². The molecule has 4 aromatic rings. The van der Waals surface area contributed by atoms with Crippen LogP contribution in [0, 0.1) is 0 Å². The summed E-state index contributed by atoms with van der Waals surface area (Å²) in [5, 5.41) is 3.83. The molecule has 0 aliphatic heterocycles. The maximum Gasteiger partial charge on any atom is 0.255 e. The van der Waals surface area contributed by atoms with E-state index in [0.29, 0.717) is 49.6 Å². The molecular formula is C23H18Cl2N2O3. The fourth-order valence-electron chi connectivity index (χ4n) is 2.93. The zero-order valence-corrected chi connectivity index (χ0v) is 17.8. The van der Waals surface area contributed by atoms with Crippen LogP contribution in [0.25, 0.3) is 22.6 Å². The van der Waals surface area contributed by atoms with Crippen molar-refractivity contribution in [1.82, 2.24) is 4.98 Å². The summed E-state index contributed by atoms with van der Waals surface area (Å²) < 4.78 is 11.4. The third kappa shape index (κ3) is 4.42. The van der Waals surface area contributed by atoms with Gasteiger partial charge in [0.2, 0.25) is 5.89 Å². The first-order valence-electron chi connectivity index (χ1n) is 9.33. The molecule has 0 saturated carbocycles. The summed E-state index contributed by atoms with van der Waals surface area (Å²) in [5.74, 6) is 0.835. The highest BCUT2D eigenvalue weighted by atomic mass is 35.5. The minimum absolute atomic E-state index is 0.0640. The van der Waals surface area contributed by atoms with Crippen molar-refractivity contribution in [3.05, 3.63) is 76.3 Å². The van der Waals surface area contributed by atoms with Crippen molar-refractivity contribution in [3.63, 3.8) is 0 Å². The molecule has 152 valence electrons. The van der Waals surface area contributed by atoms with E-state index in [2.05, 4.69) is 10.3 Å². The number of hydrogen-bond donors (Lipinski definition) is 1. The Morgan fingerprint density at radius 1 is 1.03 bits per heavy atom. The number of nitrogens with one attached hydrogen (secondary N) is 1. The molecule has 4 rings (SSSR count). The average molecular weight is 441 g/mol. The van der Waals surface area contributed by atoms with Gasteiger partial charge in [0.25, 0.3) is 5.91 Å². The number of carbonyl (C=O) groups is 1. The highest BCUT2D eigenvalue weighted by Gasteiger charge is 2.14. The molecule has 1 aromatic heterocycles. The molecule has 0 fully saturated rings. The number of carbonyl (C=O) groups excluding carboxylic acids is 1. The molecule has 3 aromatic carbocycles. The maximum absolute atomic E-state index is 12.7. The van der Waals surface area contributed by atoms with Gasteiger partial charge in [-0.1, -0.05) is 23.2 Å². The highest BCUT2D eigenvalue weighted by Crippen LogP contribution is 2.31. The van der Waals surface area contributed by atoms with Crippen molar-refractivity contribution in [1.29, 1.82) is 0 Å². The molecule has 1 heterocycles. The Hall–Kier alpha value is -3.02. The van der Waals surface area contributed by atoms with E-state index in [9.17, 15) is 4.79 Å². The first kappa shape index (κ1) is 20.3. The van der Waals surface area contributed by atoms with Crippen molar-refractivity contribution in [2.45, 2.75) is 20.0 Å². The standard InChI is InChI=1S/C23H18Cl2N2O3/c1-13(2)29-17-7-3-14(4-8-17)22(28)26-19-11-15(5-9-18(19)25)23-27-20-12-16(24)6-10-21(20)30-23/h3-13H,1-2H3,(H,26,28). The van der Waals surface area contributed by atoms with Crippen LogP contribution in [0.3, 0.4) is 0 Å². The zero-order chi connectivity index (χ0) is 21.3. The summed E-state index contributed by atoms with van der Waals surface area (Å²) in [5.41, 5.74) is 2.91. The molecule has 1 amide bonds. The predicted molar refractivity (Wildman–Crippen MR) is 120 cm³/mol. The monoisotopic (exact) mass is 440 g/mol. The Bertz CT molecular complexity index is 1220. The largest absolute Gasteiger partial charge is 0.491 e. The van der Waals surface area contributed by atoms with Crippen LogP contribution < -0.4 is 10.1 Å². The second kappa shape index (κ2) is 8.38. The number of ether oxygens (including phenoxy) is 1. The fourth-order valence-corrected chi connectivity index (χ4v) is 3.26. The van der Waals surface area contributed by atoms with Gasteiger partial charge in [-0.25, -0.2) is 4.98 Å². The van der Waals surface area contributed by atoms with Crippen LogP contribution >= 0.6 is 23.2 Å².